The molecule has 0 amide bonds. The minimum absolute atomic E-state index is 0.0355. The molecule has 10 heterocycles. The molecule has 0 radical (unpaired) electrons. The van der Waals surface area contributed by atoms with E-state index in [1.165, 1.54) is 38.2 Å². The van der Waals surface area contributed by atoms with E-state index in [9.17, 15) is 5.11 Å². The molecule has 0 aliphatic heterocycles. The summed E-state index contributed by atoms with van der Waals surface area (Å²) in [5.74, 6) is 2.56. The number of hydrogen-bond donors (Lipinski definition) is 1. The molecule has 0 unspecified atom stereocenters. The van der Waals surface area contributed by atoms with Crippen LogP contribution in [0.3, 0.4) is 0 Å². The summed E-state index contributed by atoms with van der Waals surface area (Å²) in [5, 5.41) is 26.4. The third-order valence-corrected chi connectivity index (χ3v) is 22.2. The van der Waals surface area contributed by atoms with Gasteiger partial charge in [-0.2, -0.15) is 20.4 Å². The van der Waals surface area contributed by atoms with E-state index in [2.05, 4.69) is 88.1 Å². The number of ether oxygens (including phenoxy) is 9. The summed E-state index contributed by atoms with van der Waals surface area (Å²) in [4.78, 5) is 57.2. The molecule has 0 aliphatic rings. The second-order valence-electron chi connectivity index (χ2n) is 31.6. The maximum absolute atomic E-state index is 15.5. The molecule has 0 spiro atoms. The molecular weight excluding hydrogens is 1770 g/mol. The Balaban J connectivity index is 0.000000140. The molecule has 8 aromatic carbocycles. The summed E-state index contributed by atoms with van der Waals surface area (Å²) in [5.41, 5.74) is 15.7. The van der Waals surface area contributed by atoms with E-state index in [0.29, 0.717) is 62.2 Å². The molecule has 18 aromatic rings. The van der Waals surface area contributed by atoms with Gasteiger partial charge in [0.05, 0.1) is 199 Å². The first-order chi connectivity index (χ1) is 66.8. The lowest BCUT2D eigenvalue weighted by molar-refractivity contribution is 0.304. The second kappa shape index (κ2) is 42.8. The molecule has 0 aliphatic carbocycles. The van der Waals surface area contributed by atoms with Gasteiger partial charge in [-0.15, -0.1) is 6.42 Å². The first kappa shape index (κ1) is 95.4. The van der Waals surface area contributed by atoms with Crippen molar-refractivity contribution in [3.63, 3.8) is 0 Å². The molecule has 0 atom stereocenters. The lowest BCUT2D eigenvalue weighted by Crippen LogP contribution is -2.39. The first-order valence-corrected chi connectivity index (χ1v) is 43.0. The smallest absolute Gasteiger partial charge is 0.191 e. The third-order valence-electron chi connectivity index (χ3n) is 22.2. The van der Waals surface area contributed by atoms with Crippen molar-refractivity contribution in [1.29, 1.82) is 0 Å². The summed E-state index contributed by atoms with van der Waals surface area (Å²) in [7, 11) is 20.8. The Morgan fingerprint density at radius 1 is 0.355 bits per heavy atom. The Kier molecular flexibility index (Phi) is 29.6. The lowest BCUT2D eigenvalue weighted by atomic mass is 10.0. The van der Waals surface area contributed by atoms with Gasteiger partial charge in [0.15, 0.2) is 46.3 Å². The molecule has 37 heteroatoms. The minimum Gasteiger partial charge on any atom is -0.497 e. The van der Waals surface area contributed by atoms with E-state index in [4.69, 9.17) is 64.0 Å². The van der Waals surface area contributed by atoms with Crippen LogP contribution >= 0.6 is 0 Å². The largest absolute Gasteiger partial charge is 0.497 e. The highest BCUT2D eigenvalue weighted by Crippen LogP contribution is 2.46. The molecular formula is C101H97F4N23O10. The number of pyridine rings is 1. The Labute approximate surface area is 791 Å². The fourth-order valence-electron chi connectivity index (χ4n) is 15.3. The van der Waals surface area contributed by atoms with E-state index in [1.807, 2.05) is 133 Å². The second-order valence-corrected chi connectivity index (χ2v) is 31.6. The van der Waals surface area contributed by atoms with Crippen molar-refractivity contribution in [2.24, 2.45) is 28.2 Å². The van der Waals surface area contributed by atoms with Gasteiger partial charge in [-0.05, 0) is 118 Å². The quantitative estimate of drug-likeness (QED) is 0.0323. The van der Waals surface area contributed by atoms with E-state index < -0.39 is 34.5 Å². The molecule has 33 nitrogen and oxygen atoms in total. The summed E-state index contributed by atoms with van der Waals surface area (Å²) >= 11 is 0. The van der Waals surface area contributed by atoms with Crippen LogP contribution in [0.5, 0.6) is 51.7 Å². The molecule has 138 heavy (non-hydrogen) atoms. The summed E-state index contributed by atoms with van der Waals surface area (Å²) < 4.78 is 116. The first-order valence-electron chi connectivity index (χ1n) is 43.0. The van der Waals surface area contributed by atoms with E-state index in [-0.39, 0.29) is 48.4 Å². The Bertz CT molecular complexity index is 7330. The Morgan fingerprint density at radius 3 is 1.06 bits per heavy atom. The van der Waals surface area contributed by atoms with Gasteiger partial charge in [0, 0.05) is 190 Å². The van der Waals surface area contributed by atoms with Gasteiger partial charge in [-0.1, -0.05) is 5.92 Å². The number of aliphatic hydroxyl groups is 1. The van der Waals surface area contributed by atoms with Gasteiger partial charge in [0.25, 0.3) is 0 Å². The molecule has 0 bridgehead atoms. The Morgan fingerprint density at radius 2 is 0.703 bits per heavy atom. The highest BCUT2D eigenvalue weighted by atomic mass is 19.1. The van der Waals surface area contributed by atoms with Crippen LogP contribution in [0.25, 0.3) is 89.2 Å². The standard InChI is InChI=1S/C29H30N6O3.C25H21F2N7O2.C25H25N5O2.C22H21F2N5O3/c1-34-19-20(17-32-34)28-18-31-25-10-9-21(15-27(25)33-28)35(22-13-23(36-2)16-24(14-22)37-3)12-6-7-26-29(38-4)8-5-11-30-26;1-33-13-15(11-31-33)19-12-30-17-6-5-16(9-18(17)32-19)34(14-22-28-7-4-8-29-22)25-23(26)20(35-2)10-21(36-3)24(25)27;1-7-25(2,3)30(19-10-20(31-5)13-21(11-19)32-6)18-8-9-22-23(12-18)28-24(15-26-22)17-14-27-29(4)16-17;1-28-12-13(10-26-28)17-11-25-15-5-4-14(8-16(15)27-17)29(6-7-30)22-20(23)18(31-2)9-19(32-3)21(22)24/h5,8-11,13-19H,6-7,12H2,1-4H3;4-13H,14H2,1-3H3;1,8-16H,2-6H3;4-5,8-12,30H,6-7H2,1-3H3. The Hall–Kier alpha value is -17.2. The highest BCUT2D eigenvalue weighted by molar-refractivity contribution is 5.88. The predicted octanol–water partition coefficient (Wildman–Crippen LogP) is 17.7. The number of aliphatic hydroxyl groups excluding tert-OH is 1. The lowest BCUT2D eigenvalue weighted by Gasteiger charge is -2.37. The van der Waals surface area contributed by atoms with Gasteiger partial charge in [-0.25, -0.2) is 47.5 Å². The van der Waals surface area contributed by atoms with E-state index >= 15 is 17.6 Å². The highest BCUT2D eigenvalue weighted by Gasteiger charge is 2.32. The normalized spacial score (nSPS) is 11.1. The number of nitrogens with zero attached hydrogens (tertiary/aromatic N) is 23. The van der Waals surface area contributed by atoms with Crippen molar-refractivity contribution in [1.82, 2.24) is 93.9 Å². The van der Waals surface area contributed by atoms with Gasteiger partial charge in [-0.3, -0.25) is 43.6 Å². The monoisotopic (exact) mass is 1870 g/mol. The molecule has 18 rings (SSSR count). The molecule has 10 aromatic heterocycles. The number of halogens is 4. The van der Waals surface area contributed by atoms with Gasteiger partial charge in [0.1, 0.15) is 51.5 Å². The zero-order valence-corrected chi connectivity index (χ0v) is 78.2. The number of rotatable bonds is 30. The summed E-state index contributed by atoms with van der Waals surface area (Å²) in [6.07, 6.45) is 33.7. The van der Waals surface area contributed by atoms with Crippen molar-refractivity contribution in [2.75, 3.05) is 103 Å². The van der Waals surface area contributed by atoms with Gasteiger partial charge < -0.3 is 67.3 Å². The van der Waals surface area contributed by atoms with Crippen LogP contribution in [-0.4, -0.2) is 188 Å². The van der Waals surface area contributed by atoms with Gasteiger partial charge in [0.2, 0.25) is 0 Å². The van der Waals surface area contributed by atoms with Crippen molar-refractivity contribution < 1.29 is 65.3 Å². The number of fused-ring (bicyclic) bond motifs is 4. The minimum atomic E-state index is -0.908. The number of methoxy groups -OCH3 is 9. The molecule has 0 saturated heterocycles. The number of aromatic nitrogens is 19. The average Bonchev–Trinajstić information content (AvgIpc) is 1.69. The predicted molar refractivity (Wildman–Crippen MR) is 518 cm³/mol. The van der Waals surface area contributed by atoms with E-state index in [0.717, 1.165) is 133 Å². The van der Waals surface area contributed by atoms with Crippen LogP contribution < -0.4 is 62.2 Å². The summed E-state index contributed by atoms with van der Waals surface area (Å²) in [6.45, 7) is 4.23. The van der Waals surface area contributed by atoms with Crippen LogP contribution in [0, 0.1) is 35.6 Å². The average molecular weight is 1870 g/mol. The van der Waals surface area contributed by atoms with Gasteiger partial charge >= 0.3 is 0 Å². The SMILES string of the molecule is C#CC(C)(C)N(c1cc(OC)cc(OC)c1)c1ccc2ncc(-c3cnn(C)c3)nc2c1.COc1cc(OC)c(F)c(N(CCO)c2ccc3ncc(-c4cnn(C)c4)nc3c2)c1F.COc1cc(OC)c(F)c(N(Cc2ncccn2)c2ccc3ncc(-c4cnn(C)c4)nc3c2)c1F.COc1cc(OC)cc(N(CCCc2ncccc2OC)c2ccc3ncc(-c4cnn(C)c4)nc3c2)c1. The van der Waals surface area contributed by atoms with Crippen LogP contribution in [0.15, 0.2) is 232 Å². The van der Waals surface area contributed by atoms with Crippen molar-refractivity contribution in [2.45, 2.75) is 38.8 Å². The molecule has 0 fully saturated rings. The molecule has 0 saturated carbocycles. The summed E-state index contributed by atoms with van der Waals surface area (Å²) in [6, 6.07) is 41.6. The third kappa shape index (κ3) is 21.4. The number of benzene rings is 8. The maximum Gasteiger partial charge on any atom is 0.191 e. The van der Waals surface area contributed by atoms with Crippen molar-refractivity contribution >= 4 is 89.6 Å². The number of terminal acetylenes is 1. The number of anilines is 8. The van der Waals surface area contributed by atoms with Crippen LogP contribution in [0.4, 0.5) is 63.1 Å². The van der Waals surface area contributed by atoms with Crippen molar-refractivity contribution in [3.05, 3.63) is 267 Å². The maximum atomic E-state index is 15.5. The fourth-order valence-corrected chi connectivity index (χ4v) is 15.3. The van der Waals surface area contributed by atoms with Crippen LogP contribution in [0.1, 0.15) is 31.8 Å². The van der Waals surface area contributed by atoms with Crippen LogP contribution in [0.2, 0.25) is 0 Å². The number of hydrogen-bond acceptors (Lipinski definition) is 29. The zero-order valence-electron chi connectivity index (χ0n) is 78.2. The van der Waals surface area contributed by atoms with Crippen LogP contribution in [-0.2, 0) is 41.2 Å². The fraction of sp³-hybridized carbons (Fsp3) is 0.218. The molecule has 704 valence electrons. The van der Waals surface area contributed by atoms with Crippen molar-refractivity contribution in [3.8, 4) is 109 Å². The topological polar surface area (TPSA) is 329 Å². The molecule has 1 N–H and O–H groups in total. The zero-order chi connectivity index (χ0) is 97.4. The number of aryl methyl sites for hydroxylation is 5. The van der Waals surface area contributed by atoms with E-state index in [1.54, 1.807) is 172 Å².